The van der Waals surface area contributed by atoms with Crippen LogP contribution in [0.1, 0.15) is 33.9 Å². The van der Waals surface area contributed by atoms with Gasteiger partial charge in [-0.25, -0.2) is 0 Å². The predicted molar refractivity (Wildman–Crippen MR) is 146 cm³/mol. The van der Waals surface area contributed by atoms with Gasteiger partial charge < -0.3 is 23.7 Å². The van der Waals surface area contributed by atoms with Gasteiger partial charge in [-0.05, 0) is 36.5 Å². The first-order chi connectivity index (χ1) is 19.5. The van der Waals surface area contributed by atoms with E-state index in [9.17, 15) is 24.0 Å². The van der Waals surface area contributed by atoms with Gasteiger partial charge in [0, 0.05) is 27.7 Å². The van der Waals surface area contributed by atoms with Crippen LogP contribution in [0.4, 0.5) is 0 Å². The number of ether oxygens (including phenoxy) is 5. The zero-order valence-electron chi connectivity index (χ0n) is 22.7. The minimum absolute atomic E-state index is 0.0270. The van der Waals surface area contributed by atoms with E-state index >= 15 is 0 Å². The quantitative estimate of drug-likeness (QED) is 0.230. The number of carbonyl (C=O) groups excluding carboxylic acids is 4. The average Bonchev–Trinajstić information content (AvgIpc) is 2.90. The Morgan fingerprint density at radius 2 is 1.34 bits per heavy atom. The van der Waals surface area contributed by atoms with E-state index in [0.717, 1.165) is 20.8 Å². The van der Waals surface area contributed by atoms with Crippen LogP contribution in [-0.4, -0.2) is 64.0 Å². The summed E-state index contributed by atoms with van der Waals surface area (Å²) < 4.78 is 30.9. The molecular formula is C28H28N2O10S. The second kappa shape index (κ2) is 12.4. The molecule has 1 fully saturated rings. The van der Waals surface area contributed by atoms with E-state index in [4.69, 9.17) is 35.9 Å². The number of benzene rings is 2. The van der Waals surface area contributed by atoms with Crippen LogP contribution in [0, 0.1) is 4.77 Å². The van der Waals surface area contributed by atoms with Crippen LogP contribution in [0.2, 0.25) is 0 Å². The number of fused-ring (bicyclic) bond motifs is 1. The van der Waals surface area contributed by atoms with Crippen molar-refractivity contribution in [2.45, 2.75) is 58.3 Å². The van der Waals surface area contributed by atoms with Crippen molar-refractivity contribution < 1.29 is 42.9 Å². The summed E-state index contributed by atoms with van der Waals surface area (Å²) >= 11 is 5.83. The largest absolute Gasteiger partial charge is 0.463 e. The monoisotopic (exact) mass is 584 g/mol. The molecule has 0 bridgehead atoms. The summed E-state index contributed by atoms with van der Waals surface area (Å²) in [7, 11) is 0. The van der Waals surface area contributed by atoms with Crippen molar-refractivity contribution in [3.63, 3.8) is 0 Å². The Bertz CT molecular complexity index is 1600. The molecule has 1 aromatic heterocycles. The fourth-order valence-corrected chi connectivity index (χ4v) is 5.14. The van der Waals surface area contributed by atoms with Crippen molar-refractivity contribution >= 4 is 47.0 Å². The molecule has 0 amide bonds. The smallest absolute Gasteiger partial charge is 0.303 e. The zero-order chi connectivity index (χ0) is 29.8. The van der Waals surface area contributed by atoms with Crippen molar-refractivity contribution in [3.8, 4) is 5.69 Å². The summed E-state index contributed by atoms with van der Waals surface area (Å²) in [4.78, 5) is 62.0. The van der Waals surface area contributed by atoms with Crippen LogP contribution >= 0.6 is 12.2 Å². The molecule has 4 rings (SSSR count). The molecule has 13 heteroatoms. The van der Waals surface area contributed by atoms with E-state index < -0.39 is 66.7 Å². The molecule has 0 radical (unpaired) electrons. The van der Waals surface area contributed by atoms with Crippen molar-refractivity contribution in [3.05, 3.63) is 69.7 Å². The van der Waals surface area contributed by atoms with Crippen molar-refractivity contribution in [1.29, 1.82) is 0 Å². The lowest BCUT2D eigenvalue weighted by Crippen LogP contribution is -2.60. The lowest BCUT2D eigenvalue weighted by molar-refractivity contribution is -0.268. The maximum atomic E-state index is 13.6. The molecule has 5 unspecified atom stereocenters. The topological polar surface area (TPSA) is 141 Å². The Labute approximate surface area is 239 Å². The first-order valence-corrected chi connectivity index (χ1v) is 13.0. The van der Waals surface area contributed by atoms with Crippen LogP contribution in [0.3, 0.4) is 0 Å². The molecule has 41 heavy (non-hydrogen) atoms. The SMILES string of the molecule is CC(=O)OCC1OC(n2c(=S)n(-c3ccccc3)c(=O)c3ccccc32)C(OC(C)=O)C(OC(C)=O)C1OC(C)=O. The van der Waals surface area contributed by atoms with Gasteiger partial charge in [0.2, 0.25) is 0 Å². The van der Waals surface area contributed by atoms with Crippen LogP contribution in [0.25, 0.3) is 16.6 Å². The molecule has 2 heterocycles. The van der Waals surface area contributed by atoms with Crippen LogP contribution < -0.4 is 5.56 Å². The van der Waals surface area contributed by atoms with Crippen LogP contribution in [0.5, 0.6) is 0 Å². The molecule has 216 valence electrons. The second-order valence-corrected chi connectivity index (χ2v) is 9.60. The number of rotatable bonds is 7. The molecule has 0 saturated carbocycles. The number of nitrogens with zero attached hydrogens (tertiary/aromatic N) is 2. The molecule has 5 atom stereocenters. The molecule has 2 aromatic carbocycles. The molecule has 0 aliphatic carbocycles. The summed E-state index contributed by atoms with van der Waals surface area (Å²) in [6.07, 6.45) is -6.68. The molecule has 0 N–H and O–H groups in total. The van der Waals surface area contributed by atoms with Crippen LogP contribution in [0.15, 0.2) is 59.4 Å². The van der Waals surface area contributed by atoms with Gasteiger partial charge in [0.25, 0.3) is 5.56 Å². The molecule has 0 spiro atoms. The fourth-order valence-electron chi connectivity index (χ4n) is 4.75. The maximum Gasteiger partial charge on any atom is 0.303 e. The third-order valence-corrected chi connectivity index (χ3v) is 6.61. The Hall–Kier alpha value is -4.36. The van der Waals surface area contributed by atoms with E-state index in [1.807, 2.05) is 0 Å². The van der Waals surface area contributed by atoms with Gasteiger partial charge in [0.05, 0.1) is 16.6 Å². The molecule has 1 aliphatic rings. The number of esters is 4. The Morgan fingerprint density at radius 3 is 1.95 bits per heavy atom. The zero-order valence-corrected chi connectivity index (χ0v) is 23.5. The van der Waals surface area contributed by atoms with Gasteiger partial charge in [0.1, 0.15) is 12.7 Å². The minimum atomic E-state index is -1.41. The van der Waals surface area contributed by atoms with Gasteiger partial charge in [0.15, 0.2) is 29.3 Å². The highest BCUT2D eigenvalue weighted by Crippen LogP contribution is 2.36. The second-order valence-electron chi connectivity index (χ2n) is 9.24. The number of aromatic nitrogens is 2. The van der Waals surface area contributed by atoms with Gasteiger partial charge in [-0.15, -0.1) is 0 Å². The minimum Gasteiger partial charge on any atom is -0.463 e. The summed E-state index contributed by atoms with van der Waals surface area (Å²) in [5.41, 5.74) is 0.391. The standard InChI is InChI=1S/C28H28N2O10S/c1-15(31)36-14-22-23(37-16(2)32)24(38-17(3)33)25(39-18(4)34)27(40-22)30-21-13-9-8-12-20(21)26(35)29(28(30)41)19-10-6-5-7-11-19/h5-13,22-25,27H,14H2,1-4H3. The molecule has 12 nitrogen and oxygen atoms in total. The molecule has 3 aromatic rings. The molecule has 1 aliphatic heterocycles. The van der Waals surface area contributed by atoms with E-state index in [2.05, 4.69) is 0 Å². The summed E-state index contributed by atoms with van der Waals surface area (Å²) in [6, 6.07) is 15.3. The fraction of sp³-hybridized carbons (Fsp3) is 0.357. The molecular weight excluding hydrogens is 556 g/mol. The normalized spacial score (nSPS) is 22.0. The Balaban J connectivity index is 2.02. The first-order valence-electron chi connectivity index (χ1n) is 12.6. The van der Waals surface area contributed by atoms with E-state index in [-0.39, 0.29) is 10.2 Å². The Kier molecular flexibility index (Phi) is 8.98. The number of hydrogen-bond donors (Lipinski definition) is 0. The lowest BCUT2D eigenvalue weighted by Gasteiger charge is -2.45. The van der Waals surface area contributed by atoms with Crippen LogP contribution in [-0.2, 0) is 42.9 Å². The van der Waals surface area contributed by atoms with Crippen molar-refractivity contribution in [1.82, 2.24) is 9.13 Å². The number of hydrogen-bond acceptors (Lipinski definition) is 11. The third-order valence-electron chi connectivity index (χ3n) is 6.23. The lowest BCUT2D eigenvalue weighted by atomic mass is 9.96. The summed E-state index contributed by atoms with van der Waals surface area (Å²) in [5.74, 6) is -2.91. The summed E-state index contributed by atoms with van der Waals surface area (Å²) in [5, 5.41) is 0.262. The van der Waals surface area contributed by atoms with E-state index in [1.54, 1.807) is 54.6 Å². The highest BCUT2D eigenvalue weighted by atomic mass is 32.1. The predicted octanol–water partition coefficient (Wildman–Crippen LogP) is 2.78. The highest BCUT2D eigenvalue weighted by Gasteiger charge is 2.53. The van der Waals surface area contributed by atoms with Gasteiger partial charge >= 0.3 is 23.9 Å². The van der Waals surface area contributed by atoms with Gasteiger partial charge in [-0.1, -0.05) is 30.3 Å². The van der Waals surface area contributed by atoms with Crippen molar-refractivity contribution in [2.24, 2.45) is 0 Å². The Morgan fingerprint density at radius 1 is 0.780 bits per heavy atom. The maximum absolute atomic E-state index is 13.6. The van der Waals surface area contributed by atoms with Gasteiger partial charge in [-0.2, -0.15) is 0 Å². The summed E-state index contributed by atoms with van der Waals surface area (Å²) in [6.45, 7) is 4.21. The third kappa shape index (κ3) is 6.36. The van der Waals surface area contributed by atoms with Gasteiger partial charge in [-0.3, -0.25) is 33.1 Å². The highest BCUT2D eigenvalue weighted by molar-refractivity contribution is 7.71. The van der Waals surface area contributed by atoms with E-state index in [0.29, 0.717) is 11.2 Å². The number of carbonyl (C=O) groups is 4. The number of para-hydroxylation sites is 2. The average molecular weight is 585 g/mol. The molecule has 1 saturated heterocycles. The van der Waals surface area contributed by atoms with Crippen molar-refractivity contribution in [2.75, 3.05) is 6.61 Å². The first kappa shape index (κ1) is 29.6. The van der Waals surface area contributed by atoms with E-state index in [1.165, 1.54) is 16.1 Å².